The van der Waals surface area contributed by atoms with Gasteiger partial charge in [0.25, 0.3) is 0 Å². The Balaban J connectivity index is 0. The maximum Gasteiger partial charge on any atom is 0.106 e. The largest absolute Gasteiger partial charge is 0.750 e. The summed E-state index contributed by atoms with van der Waals surface area (Å²) in [6.45, 7) is 2.00. The summed E-state index contributed by atoms with van der Waals surface area (Å²) in [7, 11) is 0. The third kappa shape index (κ3) is 415. The molecule has 0 heterocycles. The van der Waals surface area contributed by atoms with E-state index in [4.69, 9.17) is 18.1 Å². The van der Waals surface area contributed by atoms with Crippen molar-refractivity contribution < 1.29 is 18.1 Å². The van der Waals surface area contributed by atoms with Crippen molar-refractivity contribution in [2.24, 2.45) is 0 Å². The quantitative estimate of drug-likeness (QED) is 0.413. The van der Waals surface area contributed by atoms with E-state index in [9.17, 15) is 0 Å². The Kier molecular flexibility index (Phi) is 13.6. The molecule has 6 heavy (non-hydrogen) atoms. The van der Waals surface area contributed by atoms with E-state index in [0.717, 1.165) is 0 Å². The summed E-state index contributed by atoms with van der Waals surface area (Å²) in [5, 5.41) is 0. The summed E-state index contributed by atoms with van der Waals surface area (Å²) in [5.74, 6) is 0. The van der Waals surface area contributed by atoms with Gasteiger partial charge in [-0.15, -0.1) is 0 Å². The van der Waals surface area contributed by atoms with E-state index < -0.39 is 11.4 Å². The first-order valence-electron chi connectivity index (χ1n) is 0.805. The Morgan fingerprint density at radius 2 is 1.67 bits per heavy atom. The van der Waals surface area contributed by atoms with Crippen molar-refractivity contribution in [3.8, 4) is 0 Å². The van der Waals surface area contributed by atoms with Gasteiger partial charge in [-0.2, -0.15) is 0 Å². The van der Waals surface area contributed by atoms with Crippen LogP contribution in [0.4, 0.5) is 0 Å². The minimum Gasteiger partial charge on any atom is -0.750 e. The molecule has 0 aromatic heterocycles. The van der Waals surface area contributed by atoms with Crippen LogP contribution in [-0.2, 0) is 16.2 Å². The van der Waals surface area contributed by atoms with Gasteiger partial charge >= 0.3 is 0 Å². The Hall–Kier alpha value is -0.260. The lowest BCUT2D eigenvalue weighted by Crippen LogP contribution is -1.75. The SMILES string of the molecule is C=O.O=S([O-])O. The first-order chi connectivity index (χ1) is 2.73. The van der Waals surface area contributed by atoms with E-state index in [1.807, 2.05) is 6.79 Å². The zero-order chi connectivity index (χ0) is 5.58. The monoisotopic (exact) mass is 111 g/mol. The fourth-order valence-corrected chi connectivity index (χ4v) is 0. The maximum absolute atomic E-state index is 8.56. The number of carbonyl (C=O) groups is 1. The van der Waals surface area contributed by atoms with Crippen LogP contribution >= 0.6 is 0 Å². The van der Waals surface area contributed by atoms with Crippen molar-refractivity contribution in [2.45, 2.75) is 0 Å². The highest BCUT2D eigenvalue weighted by Gasteiger charge is 1.42. The van der Waals surface area contributed by atoms with Gasteiger partial charge in [-0.3, -0.25) is 0 Å². The van der Waals surface area contributed by atoms with Gasteiger partial charge in [0.1, 0.15) is 6.79 Å². The molecule has 0 bridgehead atoms. The molecule has 0 saturated carbocycles. The molecule has 1 atom stereocenters. The zero-order valence-corrected chi connectivity index (χ0v) is 3.60. The van der Waals surface area contributed by atoms with Gasteiger partial charge < -0.3 is 13.9 Å². The van der Waals surface area contributed by atoms with Crippen LogP contribution in [0.25, 0.3) is 0 Å². The molecule has 0 aliphatic rings. The van der Waals surface area contributed by atoms with Gasteiger partial charge in [0.15, 0.2) is 0 Å². The predicted octanol–water partition coefficient (Wildman–Crippen LogP) is -0.846. The molecule has 0 aliphatic carbocycles. The lowest BCUT2D eigenvalue weighted by Gasteiger charge is -1.83. The summed E-state index contributed by atoms with van der Waals surface area (Å²) in [4.78, 5) is 8.00. The van der Waals surface area contributed by atoms with Crippen molar-refractivity contribution in [3.05, 3.63) is 0 Å². The third-order valence-electron chi connectivity index (χ3n) is 0. The predicted molar refractivity (Wildman–Crippen MR) is 18.7 cm³/mol. The average molecular weight is 111 g/mol. The molecule has 0 fully saturated rings. The molecule has 4 nitrogen and oxygen atoms in total. The molecule has 0 spiro atoms. The number of rotatable bonds is 0. The molecule has 0 aliphatic heterocycles. The molecule has 0 rings (SSSR count). The highest BCUT2D eigenvalue weighted by molar-refractivity contribution is 7.73. The van der Waals surface area contributed by atoms with Gasteiger partial charge in [-0.25, -0.2) is 4.21 Å². The van der Waals surface area contributed by atoms with Crippen molar-refractivity contribution in [1.29, 1.82) is 0 Å². The van der Waals surface area contributed by atoms with Crippen molar-refractivity contribution in [2.75, 3.05) is 0 Å². The molecule has 1 N–H and O–H groups in total. The minimum absolute atomic E-state index is 2.00. The Labute approximate surface area is 37.3 Å². The highest BCUT2D eigenvalue weighted by Crippen LogP contribution is 1.43. The van der Waals surface area contributed by atoms with Gasteiger partial charge in [0, 0.05) is 0 Å². The molecule has 1 unspecified atom stereocenters. The first-order valence-corrected chi connectivity index (χ1v) is 1.84. The Morgan fingerprint density at radius 1 is 1.67 bits per heavy atom. The van der Waals surface area contributed by atoms with Gasteiger partial charge in [0.2, 0.25) is 0 Å². The molecule has 0 radical (unpaired) electrons. The van der Waals surface area contributed by atoms with E-state index in [1.54, 1.807) is 0 Å². The van der Waals surface area contributed by atoms with E-state index >= 15 is 0 Å². The summed E-state index contributed by atoms with van der Waals surface area (Å²) < 4.78 is 24.1. The number of hydrogen-bond acceptors (Lipinski definition) is 3. The molecule has 0 aromatic rings. The smallest absolute Gasteiger partial charge is 0.106 e. The number of carbonyl (C=O) groups excluding carboxylic acids is 1. The highest BCUT2D eigenvalue weighted by atomic mass is 32.2. The van der Waals surface area contributed by atoms with E-state index in [-0.39, 0.29) is 0 Å². The van der Waals surface area contributed by atoms with E-state index in [2.05, 4.69) is 0 Å². The van der Waals surface area contributed by atoms with Crippen LogP contribution in [0.3, 0.4) is 0 Å². The molecular formula is CH3O4S-. The summed E-state index contributed by atoms with van der Waals surface area (Å²) in [5.41, 5.74) is 0. The van der Waals surface area contributed by atoms with Gasteiger partial charge in [-0.05, 0) is 0 Å². The second-order valence-electron chi connectivity index (χ2n) is 0.217. The molecule has 0 aromatic carbocycles. The van der Waals surface area contributed by atoms with Gasteiger partial charge in [0.05, 0.1) is 11.4 Å². The Bertz CT molecular complexity index is 38.8. The Morgan fingerprint density at radius 3 is 1.67 bits per heavy atom. The second-order valence-corrected chi connectivity index (χ2v) is 0.651. The molecule has 0 saturated heterocycles. The molecule has 5 heteroatoms. The lowest BCUT2D eigenvalue weighted by molar-refractivity contribution is -0.0979. The topological polar surface area (TPSA) is 77.4 Å². The van der Waals surface area contributed by atoms with Gasteiger partial charge in [-0.1, -0.05) is 0 Å². The molecule has 38 valence electrons. The van der Waals surface area contributed by atoms with Crippen LogP contribution in [0.15, 0.2) is 0 Å². The van der Waals surface area contributed by atoms with Crippen LogP contribution < -0.4 is 0 Å². The second kappa shape index (κ2) is 8.83. The maximum atomic E-state index is 8.56. The zero-order valence-electron chi connectivity index (χ0n) is 2.79. The van der Waals surface area contributed by atoms with Crippen LogP contribution in [0.2, 0.25) is 0 Å². The third-order valence-corrected chi connectivity index (χ3v) is 0. The summed E-state index contributed by atoms with van der Waals surface area (Å²) >= 11 is -2.86. The van der Waals surface area contributed by atoms with Crippen LogP contribution in [0.1, 0.15) is 0 Å². The minimum atomic E-state index is -2.86. The van der Waals surface area contributed by atoms with E-state index in [1.165, 1.54) is 0 Å². The average Bonchev–Trinajstić information content (AvgIpc) is 1.41. The van der Waals surface area contributed by atoms with Crippen molar-refractivity contribution >= 4 is 18.2 Å². The first kappa shape index (κ1) is 9.22. The normalized spacial score (nSPS) is 11.0. The summed E-state index contributed by atoms with van der Waals surface area (Å²) in [6, 6.07) is 0. The standard InChI is InChI=1S/CH2O.H2O3S/c1-2;1-4(2)3/h1H2;(H2,1,2,3)/p-1. The number of hydrogen-bond donors (Lipinski definition) is 1. The fraction of sp³-hybridized carbons (Fsp3) is 0. The fourth-order valence-electron chi connectivity index (χ4n) is 0. The summed E-state index contributed by atoms with van der Waals surface area (Å²) in [6.07, 6.45) is 0. The van der Waals surface area contributed by atoms with Crippen LogP contribution in [0, 0.1) is 0 Å². The van der Waals surface area contributed by atoms with E-state index in [0.29, 0.717) is 0 Å². The molecular weight excluding hydrogens is 108 g/mol. The van der Waals surface area contributed by atoms with Crippen molar-refractivity contribution in [3.63, 3.8) is 0 Å². The molecule has 0 amide bonds. The van der Waals surface area contributed by atoms with Crippen LogP contribution in [-0.4, -0.2) is 20.1 Å². The van der Waals surface area contributed by atoms with Crippen molar-refractivity contribution in [1.82, 2.24) is 0 Å². The van der Waals surface area contributed by atoms with Crippen LogP contribution in [0.5, 0.6) is 0 Å². The lowest BCUT2D eigenvalue weighted by atomic mass is 11.9.